The lowest BCUT2D eigenvalue weighted by Gasteiger charge is -2.04. The first-order valence-electron chi connectivity index (χ1n) is 4.84. The van der Waals surface area contributed by atoms with Crippen LogP contribution in [-0.4, -0.2) is 19.9 Å². The number of nitrogens with zero attached hydrogens (tertiary/aromatic N) is 4. The lowest BCUT2D eigenvalue weighted by Crippen LogP contribution is -1.97. The molecule has 0 spiro atoms. The number of aryl methyl sites for hydroxylation is 1. The van der Waals surface area contributed by atoms with E-state index in [-0.39, 0.29) is 17.0 Å². The Balaban J connectivity index is 2.27. The molecule has 2 rings (SSSR count). The first kappa shape index (κ1) is 12.2. The van der Waals surface area contributed by atoms with Crippen LogP contribution in [0.3, 0.4) is 0 Å². The Morgan fingerprint density at radius 1 is 1.33 bits per heavy atom. The molecule has 7 nitrogen and oxygen atoms in total. The molecule has 2 heterocycles. The summed E-state index contributed by atoms with van der Waals surface area (Å²) in [7, 11) is 0. The topological polar surface area (TPSA) is 91.0 Å². The lowest BCUT2D eigenvalue weighted by molar-refractivity contribution is -0.389. The predicted octanol–water partition coefficient (Wildman–Crippen LogP) is 2.53. The smallest absolute Gasteiger partial charge is 0.363 e. The van der Waals surface area contributed by atoms with Crippen LogP contribution in [0.1, 0.15) is 5.69 Å². The molecule has 0 fully saturated rings. The number of halogens is 1. The van der Waals surface area contributed by atoms with Gasteiger partial charge in [-0.2, -0.15) is 4.98 Å². The van der Waals surface area contributed by atoms with Gasteiger partial charge in [0.15, 0.2) is 11.4 Å². The zero-order chi connectivity index (χ0) is 13.1. The van der Waals surface area contributed by atoms with Gasteiger partial charge in [0.05, 0.1) is 0 Å². The van der Waals surface area contributed by atoms with E-state index in [9.17, 15) is 10.1 Å². The van der Waals surface area contributed by atoms with Crippen molar-refractivity contribution < 1.29 is 9.66 Å². The summed E-state index contributed by atoms with van der Waals surface area (Å²) in [5.74, 6) is 0.379. The van der Waals surface area contributed by atoms with Crippen LogP contribution in [-0.2, 0) is 0 Å². The second-order valence-electron chi connectivity index (χ2n) is 3.28. The highest BCUT2D eigenvalue weighted by Crippen LogP contribution is 2.24. The number of pyridine rings is 1. The Morgan fingerprint density at radius 3 is 2.72 bits per heavy atom. The summed E-state index contributed by atoms with van der Waals surface area (Å²) in [6.45, 7) is 1.60. The molecule has 0 amide bonds. The number of nitro groups is 1. The first-order valence-corrected chi connectivity index (χ1v) is 5.22. The molecule has 2 aromatic rings. The highest BCUT2D eigenvalue weighted by atomic mass is 35.5. The van der Waals surface area contributed by atoms with Gasteiger partial charge < -0.3 is 14.9 Å². The largest absolute Gasteiger partial charge is 0.435 e. The maximum absolute atomic E-state index is 10.5. The number of aromatic nitrogens is 3. The molecule has 0 aliphatic carbocycles. The second-order valence-corrected chi connectivity index (χ2v) is 3.61. The van der Waals surface area contributed by atoms with E-state index >= 15 is 0 Å². The maximum atomic E-state index is 10.5. The first-order chi connectivity index (χ1) is 8.56. The van der Waals surface area contributed by atoms with Crippen LogP contribution in [0.25, 0.3) is 0 Å². The SMILES string of the molecule is Cc1nc([N+](=O)[O-])ccc1Oc1ccnc(Cl)n1. The van der Waals surface area contributed by atoms with Crippen molar-refractivity contribution in [3.8, 4) is 11.6 Å². The Bertz CT molecular complexity index is 605. The fourth-order valence-electron chi connectivity index (χ4n) is 1.23. The molecule has 0 unspecified atom stereocenters. The molecule has 0 aromatic carbocycles. The molecular weight excluding hydrogens is 260 g/mol. The minimum absolute atomic E-state index is 0.0556. The molecule has 92 valence electrons. The van der Waals surface area contributed by atoms with Crippen LogP contribution < -0.4 is 4.74 Å². The number of hydrogen-bond acceptors (Lipinski definition) is 6. The summed E-state index contributed by atoms with van der Waals surface area (Å²) in [4.78, 5) is 21.3. The van der Waals surface area contributed by atoms with E-state index in [1.165, 1.54) is 24.4 Å². The monoisotopic (exact) mass is 266 g/mol. The van der Waals surface area contributed by atoms with E-state index in [4.69, 9.17) is 16.3 Å². The third-order valence-corrected chi connectivity index (χ3v) is 2.21. The van der Waals surface area contributed by atoms with Crippen LogP contribution in [0.15, 0.2) is 24.4 Å². The standard InChI is InChI=1S/C10H7ClN4O3/c1-6-7(2-3-8(13-6)15(16)17)18-9-4-5-12-10(11)14-9/h2-5H,1H3. The van der Waals surface area contributed by atoms with E-state index in [0.29, 0.717) is 11.4 Å². The van der Waals surface area contributed by atoms with Gasteiger partial charge in [-0.15, -0.1) is 0 Å². The van der Waals surface area contributed by atoms with Gasteiger partial charge in [-0.05, 0) is 27.6 Å². The van der Waals surface area contributed by atoms with Crippen molar-refractivity contribution in [2.75, 3.05) is 0 Å². The molecule has 0 aliphatic heterocycles. The molecule has 2 aromatic heterocycles. The van der Waals surface area contributed by atoms with E-state index in [0.717, 1.165) is 0 Å². The summed E-state index contributed by atoms with van der Waals surface area (Å²) in [6.07, 6.45) is 1.44. The van der Waals surface area contributed by atoms with E-state index in [1.807, 2.05) is 0 Å². The molecule has 0 atom stereocenters. The minimum atomic E-state index is -0.571. The van der Waals surface area contributed by atoms with Crippen molar-refractivity contribution in [3.05, 3.63) is 45.5 Å². The zero-order valence-electron chi connectivity index (χ0n) is 9.20. The predicted molar refractivity (Wildman–Crippen MR) is 62.7 cm³/mol. The molecule has 0 radical (unpaired) electrons. The molecule has 8 heteroatoms. The Morgan fingerprint density at radius 2 is 2.11 bits per heavy atom. The third-order valence-electron chi connectivity index (χ3n) is 2.02. The summed E-state index contributed by atoms with van der Waals surface area (Å²) < 4.78 is 5.40. The maximum Gasteiger partial charge on any atom is 0.363 e. The fourth-order valence-corrected chi connectivity index (χ4v) is 1.37. The molecular formula is C10H7ClN4O3. The van der Waals surface area contributed by atoms with Gasteiger partial charge in [0, 0.05) is 25.3 Å². The lowest BCUT2D eigenvalue weighted by atomic mass is 10.3. The average Bonchev–Trinajstić information content (AvgIpc) is 2.31. The summed E-state index contributed by atoms with van der Waals surface area (Å²) in [5, 5.41) is 10.6. The zero-order valence-corrected chi connectivity index (χ0v) is 9.96. The van der Waals surface area contributed by atoms with Crippen molar-refractivity contribution in [3.63, 3.8) is 0 Å². The van der Waals surface area contributed by atoms with Gasteiger partial charge in [0.2, 0.25) is 11.2 Å². The number of hydrogen-bond donors (Lipinski definition) is 0. The fraction of sp³-hybridized carbons (Fsp3) is 0.100. The van der Waals surface area contributed by atoms with Gasteiger partial charge in [0.1, 0.15) is 0 Å². The van der Waals surface area contributed by atoms with Crippen molar-refractivity contribution in [2.45, 2.75) is 6.92 Å². The number of rotatable bonds is 3. The van der Waals surface area contributed by atoms with E-state index in [2.05, 4.69) is 15.0 Å². The quantitative estimate of drug-likeness (QED) is 0.482. The highest BCUT2D eigenvalue weighted by molar-refractivity contribution is 6.28. The molecule has 0 saturated carbocycles. The van der Waals surface area contributed by atoms with E-state index in [1.54, 1.807) is 6.92 Å². The second kappa shape index (κ2) is 4.92. The average molecular weight is 267 g/mol. The van der Waals surface area contributed by atoms with Gasteiger partial charge >= 0.3 is 5.82 Å². The Labute approximate surface area is 107 Å². The highest BCUT2D eigenvalue weighted by Gasteiger charge is 2.13. The summed E-state index contributed by atoms with van der Waals surface area (Å²) in [5.41, 5.74) is 0.388. The van der Waals surface area contributed by atoms with E-state index < -0.39 is 4.92 Å². The van der Waals surface area contributed by atoms with Crippen LogP contribution in [0.2, 0.25) is 5.28 Å². The number of ether oxygens (including phenoxy) is 1. The molecule has 0 N–H and O–H groups in total. The van der Waals surface area contributed by atoms with Crippen LogP contribution in [0.5, 0.6) is 11.6 Å². The third kappa shape index (κ3) is 2.69. The molecule has 18 heavy (non-hydrogen) atoms. The van der Waals surface area contributed by atoms with Crippen molar-refractivity contribution in [1.29, 1.82) is 0 Å². The normalized spacial score (nSPS) is 10.1. The molecule has 0 saturated heterocycles. The van der Waals surface area contributed by atoms with Crippen molar-refractivity contribution >= 4 is 17.4 Å². The van der Waals surface area contributed by atoms with Gasteiger partial charge in [-0.1, -0.05) is 0 Å². The van der Waals surface area contributed by atoms with Crippen molar-refractivity contribution in [1.82, 2.24) is 15.0 Å². The minimum Gasteiger partial charge on any atom is -0.435 e. The summed E-state index contributed by atoms with van der Waals surface area (Å²) in [6, 6.07) is 4.23. The van der Waals surface area contributed by atoms with Gasteiger partial charge in [-0.3, -0.25) is 0 Å². The van der Waals surface area contributed by atoms with Crippen LogP contribution in [0.4, 0.5) is 5.82 Å². The summed E-state index contributed by atoms with van der Waals surface area (Å²) >= 11 is 5.61. The molecule has 0 aliphatic rings. The Kier molecular flexibility index (Phi) is 3.33. The Hall–Kier alpha value is -2.28. The van der Waals surface area contributed by atoms with Crippen LogP contribution >= 0.6 is 11.6 Å². The van der Waals surface area contributed by atoms with Crippen molar-refractivity contribution in [2.24, 2.45) is 0 Å². The molecule has 0 bridgehead atoms. The van der Waals surface area contributed by atoms with Gasteiger partial charge in [-0.25, -0.2) is 4.98 Å². The van der Waals surface area contributed by atoms with Crippen LogP contribution in [0, 0.1) is 17.0 Å². The van der Waals surface area contributed by atoms with Gasteiger partial charge in [0.25, 0.3) is 0 Å².